The normalized spacial score (nSPS) is 27.0. The number of amides is 1. The van der Waals surface area contributed by atoms with E-state index in [9.17, 15) is 4.79 Å². The second-order valence-electron chi connectivity index (χ2n) is 3.46. The number of methoxy groups -OCH3 is 1. The molecule has 1 rings (SSSR count). The molecule has 1 N–H and O–H groups in total. The van der Waals surface area contributed by atoms with E-state index in [0.29, 0.717) is 25.3 Å². The number of carbonyl (C=O) groups is 1. The summed E-state index contributed by atoms with van der Waals surface area (Å²) in [5.74, 6) is 2.99. The molecule has 0 aliphatic carbocycles. The number of hydrogen-bond donors (Lipinski definition) is 1. The molecule has 0 aromatic heterocycles. The van der Waals surface area contributed by atoms with Crippen molar-refractivity contribution in [3.8, 4) is 12.3 Å². The average molecular weight is 197 g/mol. The number of hydrogen-bond acceptors (Lipinski definition) is 2. The Bertz CT molecular complexity index is 246. The van der Waals surface area contributed by atoms with Gasteiger partial charge in [-0.05, 0) is 18.8 Å². The summed E-state index contributed by atoms with van der Waals surface area (Å²) in [6.45, 7) is 0.514. The van der Waals surface area contributed by atoms with Gasteiger partial charge in [-0.2, -0.15) is 0 Å². The molecule has 1 amide bonds. The Balaban J connectivity index is 2.55. The fraction of sp³-hybridized carbons (Fsp3) is 0.700. The van der Waals surface area contributed by atoms with Crippen LogP contribution in [0.1, 0.15) is 19.3 Å². The van der Waals surface area contributed by atoms with Crippen molar-refractivity contribution in [2.45, 2.75) is 25.5 Å². The zero-order chi connectivity index (χ0) is 10.6. The van der Waals surface area contributed by atoms with Gasteiger partial charge in [-0.1, -0.05) is 0 Å². The largest absolute Gasteiger partial charge is 0.465 e. The van der Waals surface area contributed by atoms with Gasteiger partial charge in [-0.3, -0.25) is 4.90 Å². The fourth-order valence-electron chi connectivity index (χ4n) is 1.79. The Morgan fingerprint density at radius 3 is 3.00 bits per heavy atom. The first-order chi connectivity index (χ1) is 6.69. The summed E-state index contributed by atoms with van der Waals surface area (Å²) in [7, 11) is 1.53. The molecule has 2 unspecified atom stereocenters. The van der Waals surface area contributed by atoms with Crippen LogP contribution in [0, 0.1) is 18.3 Å². The summed E-state index contributed by atoms with van der Waals surface area (Å²) in [4.78, 5) is 12.1. The first-order valence-corrected chi connectivity index (χ1v) is 4.64. The van der Waals surface area contributed by atoms with Gasteiger partial charge >= 0.3 is 6.09 Å². The maximum atomic E-state index is 10.8. The topological polar surface area (TPSA) is 49.8 Å². The Kier molecular flexibility index (Phi) is 3.78. The fourth-order valence-corrected chi connectivity index (χ4v) is 1.79. The number of ether oxygens (including phenoxy) is 1. The Labute approximate surface area is 83.8 Å². The van der Waals surface area contributed by atoms with Gasteiger partial charge in [0.15, 0.2) is 0 Å². The summed E-state index contributed by atoms with van der Waals surface area (Å²) < 4.78 is 5.12. The van der Waals surface area contributed by atoms with Crippen molar-refractivity contribution in [2.24, 2.45) is 5.92 Å². The lowest BCUT2D eigenvalue weighted by Crippen LogP contribution is -2.46. The number of likely N-dealkylation sites (tertiary alicyclic amines) is 1. The average Bonchev–Trinajstić information content (AvgIpc) is 2.17. The molecule has 4 nitrogen and oxygen atoms in total. The molecular formula is C10H15NO3. The summed E-state index contributed by atoms with van der Waals surface area (Å²) in [5, 5.41) is 8.86. The molecule has 0 saturated carbocycles. The standard InChI is InChI=1S/C10H15NO3/c1-3-4-8-5-6-11(10(12)13)9(7-8)14-2/h1,8-9H,4-7H2,2H3,(H,12,13). The van der Waals surface area contributed by atoms with E-state index in [0.717, 1.165) is 6.42 Å². The van der Waals surface area contributed by atoms with E-state index >= 15 is 0 Å². The second-order valence-corrected chi connectivity index (χ2v) is 3.46. The van der Waals surface area contributed by atoms with Crippen LogP contribution in [-0.2, 0) is 4.74 Å². The van der Waals surface area contributed by atoms with Crippen LogP contribution >= 0.6 is 0 Å². The molecule has 78 valence electrons. The third-order valence-corrected chi connectivity index (χ3v) is 2.59. The highest BCUT2D eigenvalue weighted by atomic mass is 16.5. The van der Waals surface area contributed by atoms with E-state index in [1.54, 1.807) is 0 Å². The molecule has 1 aliphatic rings. The van der Waals surface area contributed by atoms with Gasteiger partial charge < -0.3 is 9.84 Å². The van der Waals surface area contributed by atoms with Crippen molar-refractivity contribution in [3.05, 3.63) is 0 Å². The lowest BCUT2D eigenvalue weighted by Gasteiger charge is -2.36. The zero-order valence-corrected chi connectivity index (χ0v) is 8.27. The summed E-state index contributed by atoms with van der Waals surface area (Å²) >= 11 is 0. The summed E-state index contributed by atoms with van der Waals surface area (Å²) in [6, 6.07) is 0. The number of rotatable bonds is 2. The van der Waals surface area contributed by atoms with Crippen LogP contribution in [0.5, 0.6) is 0 Å². The molecule has 2 atom stereocenters. The Hall–Kier alpha value is -1.21. The van der Waals surface area contributed by atoms with Crippen LogP contribution in [-0.4, -0.2) is 36.0 Å². The zero-order valence-electron chi connectivity index (χ0n) is 8.27. The molecule has 1 saturated heterocycles. The van der Waals surface area contributed by atoms with E-state index in [2.05, 4.69) is 5.92 Å². The minimum atomic E-state index is -0.920. The predicted molar refractivity (Wildman–Crippen MR) is 51.7 cm³/mol. The number of piperidine rings is 1. The lowest BCUT2D eigenvalue weighted by atomic mass is 9.93. The second kappa shape index (κ2) is 4.87. The Morgan fingerprint density at radius 2 is 2.50 bits per heavy atom. The van der Waals surface area contributed by atoms with Crippen molar-refractivity contribution in [3.63, 3.8) is 0 Å². The van der Waals surface area contributed by atoms with Gasteiger partial charge in [0, 0.05) is 20.1 Å². The molecule has 1 heterocycles. The molecule has 1 aliphatic heterocycles. The van der Waals surface area contributed by atoms with Gasteiger partial charge in [0.1, 0.15) is 6.23 Å². The highest BCUT2D eigenvalue weighted by Crippen LogP contribution is 2.25. The molecular weight excluding hydrogens is 182 g/mol. The van der Waals surface area contributed by atoms with Crippen molar-refractivity contribution < 1.29 is 14.6 Å². The molecule has 0 bridgehead atoms. The molecule has 4 heteroatoms. The molecule has 0 aromatic rings. The molecule has 1 fully saturated rings. The molecule has 0 spiro atoms. The van der Waals surface area contributed by atoms with Crippen LogP contribution in [0.2, 0.25) is 0 Å². The number of nitrogens with zero attached hydrogens (tertiary/aromatic N) is 1. The van der Waals surface area contributed by atoms with E-state index < -0.39 is 6.09 Å². The highest BCUT2D eigenvalue weighted by molar-refractivity contribution is 5.65. The maximum absolute atomic E-state index is 10.8. The van der Waals surface area contributed by atoms with E-state index in [4.69, 9.17) is 16.3 Å². The van der Waals surface area contributed by atoms with Crippen molar-refractivity contribution in [1.82, 2.24) is 4.90 Å². The van der Waals surface area contributed by atoms with Crippen molar-refractivity contribution in [1.29, 1.82) is 0 Å². The van der Waals surface area contributed by atoms with Crippen LogP contribution in [0.25, 0.3) is 0 Å². The smallest absolute Gasteiger partial charge is 0.409 e. The van der Waals surface area contributed by atoms with Crippen LogP contribution in [0.4, 0.5) is 4.79 Å². The van der Waals surface area contributed by atoms with E-state index in [-0.39, 0.29) is 6.23 Å². The summed E-state index contributed by atoms with van der Waals surface area (Å²) in [6.07, 6.45) is 6.20. The summed E-state index contributed by atoms with van der Waals surface area (Å²) in [5.41, 5.74) is 0. The number of terminal acetylenes is 1. The first kappa shape index (κ1) is 10.9. The maximum Gasteiger partial charge on any atom is 0.409 e. The van der Waals surface area contributed by atoms with Gasteiger partial charge in [0.25, 0.3) is 0 Å². The quantitative estimate of drug-likeness (QED) is 0.680. The molecule has 0 aromatic carbocycles. The monoisotopic (exact) mass is 197 g/mol. The van der Waals surface area contributed by atoms with Gasteiger partial charge in [-0.25, -0.2) is 4.79 Å². The third-order valence-electron chi connectivity index (χ3n) is 2.59. The number of carboxylic acid groups (broad SMARTS) is 1. The minimum Gasteiger partial charge on any atom is -0.465 e. The van der Waals surface area contributed by atoms with Crippen molar-refractivity contribution in [2.75, 3.05) is 13.7 Å². The first-order valence-electron chi connectivity index (χ1n) is 4.64. The third kappa shape index (κ3) is 2.39. The minimum absolute atomic E-state index is 0.334. The highest BCUT2D eigenvalue weighted by Gasteiger charge is 2.30. The molecule has 14 heavy (non-hydrogen) atoms. The van der Waals surface area contributed by atoms with E-state index in [1.807, 2.05) is 0 Å². The van der Waals surface area contributed by atoms with Crippen molar-refractivity contribution >= 4 is 6.09 Å². The van der Waals surface area contributed by atoms with Crippen LogP contribution in [0.3, 0.4) is 0 Å². The van der Waals surface area contributed by atoms with Crippen LogP contribution < -0.4 is 0 Å². The SMILES string of the molecule is C#CCC1CCN(C(=O)O)C(OC)C1. The Morgan fingerprint density at radius 1 is 1.79 bits per heavy atom. The van der Waals surface area contributed by atoms with Gasteiger partial charge in [-0.15, -0.1) is 12.3 Å². The van der Waals surface area contributed by atoms with Gasteiger partial charge in [0.05, 0.1) is 0 Å². The molecule has 0 radical (unpaired) electrons. The van der Waals surface area contributed by atoms with Crippen LogP contribution in [0.15, 0.2) is 0 Å². The van der Waals surface area contributed by atoms with E-state index in [1.165, 1.54) is 12.0 Å². The lowest BCUT2D eigenvalue weighted by molar-refractivity contribution is -0.0560. The predicted octanol–water partition coefficient (Wildman–Crippen LogP) is 1.37. The van der Waals surface area contributed by atoms with Gasteiger partial charge in [0.2, 0.25) is 0 Å².